The van der Waals surface area contributed by atoms with Gasteiger partial charge in [-0.1, -0.05) is 36.1 Å². The zero-order valence-corrected chi connectivity index (χ0v) is 20.7. The van der Waals surface area contributed by atoms with Gasteiger partial charge >= 0.3 is 5.65 Å². The van der Waals surface area contributed by atoms with Crippen LogP contribution < -0.4 is 21.1 Å². The fraction of sp³-hybridized carbons (Fsp3) is 0.0714. The fourth-order valence-electron chi connectivity index (χ4n) is 4.44. The zero-order chi connectivity index (χ0) is 26.9. The molecule has 5 N–H and O–H groups in total. The number of H-pyrrole nitrogens is 2. The van der Waals surface area contributed by atoms with Gasteiger partial charge in [0.25, 0.3) is 11.5 Å². The molecule has 0 aliphatic carbocycles. The molecule has 0 radical (unpaired) electrons. The van der Waals surface area contributed by atoms with E-state index in [1.54, 1.807) is 60.5 Å². The number of nitrogens with one attached hydrogen (secondary N) is 3. The van der Waals surface area contributed by atoms with Crippen LogP contribution in [0.5, 0.6) is 0 Å². The molecule has 1 unspecified atom stereocenters. The predicted octanol–water partition coefficient (Wildman–Crippen LogP) is 2.04. The summed E-state index contributed by atoms with van der Waals surface area (Å²) in [5.41, 5.74) is 8.68. The smallest absolute Gasteiger partial charge is 0.362 e. The molecule has 0 fully saturated rings. The molecule has 0 aliphatic rings. The van der Waals surface area contributed by atoms with E-state index in [9.17, 15) is 9.59 Å². The molecule has 2 aromatic carbocycles. The number of nitrogens with zero attached hydrogens (tertiary/aromatic N) is 5. The molecule has 11 nitrogen and oxygen atoms in total. The topological polar surface area (TPSA) is 151 Å². The van der Waals surface area contributed by atoms with Gasteiger partial charge in [0.05, 0.1) is 34.4 Å². The second-order valence-electron chi connectivity index (χ2n) is 8.79. The van der Waals surface area contributed by atoms with Crippen LogP contribution in [0.2, 0.25) is 0 Å². The fourth-order valence-corrected chi connectivity index (χ4v) is 4.44. The van der Waals surface area contributed by atoms with Gasteiger partial charge in [-0.05, 0) is 36.2 Å². The average molecular weight is 517 g/mol. The van der Waals surface area contributed by atoms with Crippen LogP contribution in [0.15, 0.2) is 84.2 Å². The average Bonchev–Trinajstić information content (AvgIpc) is 3.59. The Morgan fingerprint density at radius 1 is 1.13 bits per heavy atom. The number of hydrogen-bond acceptors (Lipinski definition) is 6. The van der Waals surface area contributed by atoms with Crippen molar-refractivity contribution in [3.05, 3.63) is 112 Å². The number of carbonyl (C=O) groups is 1. The Bertz CT molecular complexity index is 1960. The molecule has 1 amide bonds. The van der Waals surface area contributed by atoms with E-state index in [2.05, 4.69) is 37.4 Å². The molecule has 6 rings (SSSR count). The van der Waals surface area contributed by atoms with Gasteiger partial charge in [-0.25, -0.2) is 10.1 Å². The first-order valence-corrected chi connectivity index (χ1v) is 12.1. The number of nitrogens with two attached hydrogens (primary N) is 1. The molecule has 0 saturated heterocycles. The van der Waals surface area contributed by atoms with Crippen LogP contribution in [0.1, 0.15) is 40.3 Å². The minimum absolute atomic E-state index is 0.172. The molecular formula is C28H22N9O2+. The van der Waals surface area contributed by atoms with Crippen molar-refractivity contribution in [2.24, 2.45) is 0 Å². The van der Waals surface area contributed by atoms with Gasteiger partial charge in [-0.2, -0.15) is 5.10 Å². The number of aromatic amines is 2. The first-order chi connectivity index (χ1) is 19.0. The SMILES string of the molecule is CC(NC(=O)c1c(N)[nH][n+]2cccnc12)c1nc2cccc(C#Cc3cn[nH]c3)c2c(=O)n1-c1ccccc1. The molecule has 0 spiro atoms. The Balaban J connectivity index is 1.48. The summed E-state index contributed by atoms with van der Waals surface area (Å²) in [7, 11) is 0. The van der Waals surface area contributed by atoms with Gasteiger partial charge in [0.1, 0.15) is 18.2 Å². The quantitative estimate of drug-likeness (QED) is 0.208. The van der Waals surface area contributed by atoms with E-state index in [0.717, 1.165) is 0 Å². The number of anilines is 1. The van der Waals surface area contributed by atoms with E-state index in [1.165, 1.54) is 4.57 Å². The molecule has 1 atom stereocenters. The van der Waals surface area contributed by atoms with Gasteiger partial charge in [-0.3, -0.25) is 19.3 Å². The summed E-state index contributed by atoms with van der Waals surface area (Å²) in [4.78, 5) is 36.5. The van der Waals surface area contributed by atoms with Crippen molar-refractivity contribution in [1.29, 1.82) is 0 Å². The summed E-state index contributed by atoms with van der Waals surface area (Å²) in [6.45, 7) is 1.76. The number of carbonyl (C=O) groups excluding carboxylic acids is 1. The van der Waals surface area contributed by atoms with Gasteiger partial charge in [0.2, 0.25) is 0 Å². The van der Waals surface area contributed by atoms with Crippen LogP contribution in [0.3, 0.4) is 0 Å². The number of benzene rings is 2. The maximum absolute atomic E-state index is 14.1. The van der Waals surface area contributed by atoms with Gasteiger partial charge in [0, 0.05) is 17.8 Å². The lowest BCUT2D eigenvalue weighted by Crippen LogP contribution is -2.34. The third-order valence-corrected chi connectivity index (χ3v) is 6.22. The molecule has 0 aliphatic heterocycles. The van der Waals surface area contributed by atoms with Crippen molar-refractivity contribution >= 4 is 28.3 Å². The second-order valence-corrected chi connectivity index (χ2v) is 8.79. The lowest BCUT2D eigenvalue weighted by molar-refractivity contribution is -0.577. The lowest BCUT2D eigenvalue weighted by atomic mass is 10.1. The minimum atomic E-state index is -0.673. The summed E-state index contributed by atoms with van der Waals surface area (Å²) in [5, 5.41) is 12.8. The van der Waals surface area contributed by atoms with Crippen molar-refractivity contribution in [2.45, 2.75) is 13.0 Å². The third kappa shape index (κ3) is 4.25. The van der Waals surface area contributed by atoms with E-state index in [-0.39, 0.29) is 16.9 Å². The molecular weight excluding hydrogens is 494 g/mol. The van der Waals surface area contributed by atoms with Crippen LogP contribution in [0.4, 0.5) is 5.82 Å². The zero-order valence-electron chi connectivity index (χ0n) is 20.7. The first-order valence-electron chi connectivity index (χ1n) is 12.1. The van der Waals surface area contributed by atoms with E-state index in [0.29, 0.717) is 39.2 Å². The highest BCUT2D eigenvalue weighted by atomic mass is 16.2. The number of nitrogen functional groups attached to an aromatic ring is 1. The van der Waals surface area contributed by atoms with E-state index in [1.807, 2.05) is 30.3 Å². The summed E-state index contributed by atoms with van der Waals surface area (Å²) in [6, 6.07) is 15.5. The Labute approximate surface area is 221 Å². The molecule has 190 valence electrons. The number of hydrogen-bond donors (Lipinski definition) is 4. The van der Waals surface area contributed by atoms with E-state index < -0.39 is 11.9 Å². The van der Waals surface area contributed by atoms with E-state index in [4.69, 9.17) is 10.7 Å². The summed E-state index contributed by atoms with van der Waals surface area (Å²) in [6.07, 6.45) is 6.57. The van der Waals surface area contributed by atoms with Gasteiger partial charge < -0.3 is 11.1 Å². The maximum atomic E-state index is 14.1. The number of amides is 1. The Hall–Kier alpha value is -5.76. The number of aromatic nitrogens is 7. The van der Waals surface area contributed by atoms with Crippen molar-refractivity contribution in [1.82, 2.24) is 35.1 Å². The molecule has 39 heavy (non-hydrogen) atoms. The third-order valence-electron chi connectivity index (χ3n) is 6.22. The normalized spacial score (nSPS) is 11.7. The minimum Gasteiger partial charge on any atom is -0.382 e. The Morgan fingerprint density at radius 2 is 1.97 bits per heavy atom. The van der Waals surface area contributed by atoms with Crippen LogP contribution in [0, 0.1) is 11.8 Å². The molecule has 11 heteroatoms. The second kappa shape index (κ2) is 9.60. The molecule has 6 aromatic rings. The molecule has 0 saturated carbocycles. The lowest BCUT2D eigenvalue weighted by Gasteiger charge is -2.19. The Morgan fingerprint density at radius 3 is 2.77 bits per heavy atom. The summed E-state index contributed by atoms with van der Waals surface area (Å²) >= 11 is 0. The molecule has 4 aromatic heterocycles. The highest BCUT2D eigenvalue weighted by molar-refractivity contribution is 6.03. The molecule has 0 bridgehead atoms. The molecule has 4 heterocycles. The van der Waals surface area contributed by atoms with Crippen molar-refractivity contribution in [3.63, 3.8) is 0 Å². The number of rotatable bonds is 4. The van der Waals surface area contributed by atoms with Crippen LogP contribution in [0.25, 0.3) is 22.2 Å². The van der Waals surface area contributed by atoms with Gasteiger partial charge in [0.15, 0.2) is 11.4 Å². The van der Waals surface area contributed by atoms with Crippen LogP contribution >= 0.6 is 0 Å². The Kier molecular flexibility index (Phi) is 5.82. The highest BCUT2D eigenvalue weighted by Gasteiger charge is 2.27. The van der Waals surface area contributed by atoms with Crippen molar-refractivity contribution < 1.29 is 9.31 Å². The standard InChI is InChI=1S/C28H21N9O2/c1-17(33-27(38)23-24(29)35-36-14-6-13-30-26(23)36)25-34-21-10-5-7-19(12-11-18-15-31-32-16-18)22(21)28(39)37(25)20-8-3-2-4-9-20/h2-10,13-17H,1H3,(H4,29,31,32,33,35,38,39)/p+1. The first kappa shape index (κ1) is 23.6. The van der Waals surface area contributed by atoms with Crippen molar-refractivity contribution in [2.75, 3.05) is 5.73 Å². The van der Waals surface area contributed by atoms with Crippen molar-refractivity contribution in [3.8, 4) is 17.5 Å². The summed E-state index contributed by atoms with van der Waals surface area (Å²) < 4.78 is 3.07. The van der Waals surface area contributed by atoms with Crippen LogP contribution in [-0.4, -0.2) is 35.7 Å². The monoisotopic (exact) mass is 516 g/mol. The number of fused-ring (bicyclic) bond motifs is 2. The largest absolute Gasteiger partial charge is 0.382 e. The van der Waals surface area contributed by atoms with Crippen LogP contribution in [-0.2, 0) is 0 Å². The maximum Gasteiger partial charge on any atom is 0.362 e. The van der Waals surface area contributed by atoms with Gasteiger partial charge in [-0.15, -0.1) is 4.52 Å². The van der Waals surface area contributed by atoms with E-state index >= 15 is 0 Å². The summed E-state index contributed by atoms with van der Waals surface area (Å²) in [5.74, 6) is 6.16. The highest BCUT2D eigenvalue weighted by Crippen LogP contribution is 2.21. The number of para-hydroxylation sites is 1. The predicted molar refractivity (Wildman–Crippen MR) is 144 cm³/mol.